The molecule has 17 heavy (non-hydrogen) atoms. The van der Waals surface area contributed by atoms with E-state index in [1.165, 1.54) is 5.56 Å². The molecule has 1 aromatic rings. The molecule has 3 nitrogen and oxygen atoms in total. The zero-order valence-electron chi connectivity index (χ0n) is 10.1. The molecule has 1 atom stereocenters. The van der Waals surface area contributed by atoms with E-state index in [4.69, 9.17) is 15.2 Å². The molecular formula is C13H20ClNO2. The van der Waals surface area contributed by atoms with E-state index in [1.807, 2.05) is 12.1 Å². The van der Waals surface area contributed by atoms with Crippen LogP contribution in [0.1, 0.15) is 24.4 Å². The Morgan fingerprint density at radius 2 is 1.82 bits per heavy atom. The molecule has 0 aliphatic carbocycles. The molecule has 2 N–H and O–H groups in total. The molecule has 1 aliphatic heterocycles. The second-order valence-electron chi connectivity index (χ2n) is 4.25. The van der Waals surface area contributed by atoms with Gasteiger partial charge in [-0.25, -0.2) is 0 Å². The second kappa shape index (κ2) is 6.84. The average Bonchev–Trinajstić information content (AvgIpc) is 2.39. The van der Waals surface area contributed by atoms with Crippen molar-refractivity contribution in [3.8, 4) is 5.75 Å². The minimum absolute atomic E-state index is 0. The number of rotatable bonds is 3. The van der Waals surface area contributed by atoms with Crippen LogP contribution in [-0.4, -0.2) is 20.3 Å². The van der Waals surface area contributed by atoms with Gasteiger partial charge in [0.05, 0.1) is 7.11 Å². The molecule has 1 fully saturated rings. The Bertz CT molecular complexity index is 323. The number of nitrogens with two attached hydrogens (primary N) is 1. The number of benzene rings is 1. The molecule has 0 spiro atoms. The fourth-order valence-electron chi connectivity index (χ4n) is 2.17. The van der Waals surface area contributed by atoms with E-state index < -0.39 is 0 Å². The quantitative estimate of drug-likeness (QED) is 0.905. The minimum atomic E-state index is 0. The Labute approximate surface area is 109 Å². The number of hydrogen-bond donors (Lipinski definition) is 1. The summed E-state index contributed by atoms with van der Waals surface area (Å²) < 4.78 is 10.5. The predicted molar refractivity (Wildman–Crippen MR) is 70.7 cm³/mol. The third kappa shape index (κ3) is 3.60. The third-order valence-electron chi connectivity index (χ3n) is 3.27. The van der Waals surface area contributed by atoms with Crippen molar-refractivity contribution in [2.24, 2.45) is 11.7 Å². The molecule has 1 saturated heterocycles. The Kier molecular flexibility index (Phi) is 5.75. The van der Waals surface area contributed by atoms with E-state index in [1.54, 1.807) is 7.11 Å². The summed E-state index contributed by atoms with van der Waals surface area (Å²) in [5.41, 5.74) is 7.45. The zero-order chi connectivity index (χ0) is 11.4. The number of hydrogen-bond acceptors (Lipinski definition) is 3. The van der Waals surface area contributed by atoms with Gasteiger partial charge in [0.1, 0.15) is 5.75 Å². The maximum Gasteiger partial charge on any atom is 0.118 e. The van der Waals surface area contributed by atoms with E-state index in [2.05, 4.69) is 12.1 Å². The summed E-state index contributed by atoms with van der Waals surface area (Å²) in [4.78, 5) is 0. The molecule has 0 bridgehead atoms. The van der Waals surface area contributed by atoms with Gasteiger partial charge >= 0.3 is 0 Å². The van der Waals surface area contributed by atoms with Gasteiger partial charge in [-0.2, -0.15) is 0 Å². The van der Waals surface area contributed by atoms with Gasteiger partial charge in [0, 0.05) is 19.3 Å². The Morgan fingerprint density at radius 3 is 2.35 bits per heavy atom. The first kappa shape index (κ1) is 14.3. The lowest BCUT2D eigenvalue weighted by atomic mass is 9.88. The molecule has 0 unspecified atom stereocenters. The Morgan fingerprint density at radius 1 is 1.24 bits per heavy atom. The molecule has 96 valence electrons. The molecule has 0 amide bonds. The molecule has 0 radical (unpaired) electrons. The second-order valence-corrected chi connectivity index (χ2v) is 4.25. The van der Waals surface area contributed by atoms with Crippen LogP contribution in [0, 0.1) is 5.92 Å². The van der Waals surface area contributed by atoms with Crippen LogP contribution in [0.3, 0.4) is 0 Å². The lowest BCUT2D eigenvalue weighted by Crippen LogP contribution is -2.27. The molecule has 1 heterocycles. The van der Waals surface area contributed by atoms with Gasteiger partial charge < -0.3 is 15.2 Å². The van der Waals surface area contributed by atoms with Crippen LogP contribution in [-0.2, 0) is 4.74 Å². The lowest BCUT2D eigenvalue weighted by molar-refractivity contribution is 0.0584. The normalized spacial score (nSPS) is 18.2. The maximum atomic E-state index is 6.26. The monoisotopic (exact) mass is 257 g/mol. The largest absolute Gasteiger partial charge is 0.497 e. The first-order chi connectivity index (χ1) is 7.81. The highest BCUT2D eigenvalue weighted by Gasteiger charge is 2.21. The zero-order valence-corrected chi connectivity index (χ0v) is 10.9. The van der Waals surface area contributed by atoms with Gasteiger partial charge in [0.15, 0.2) is 0 Å². The standard InChI is InChI=1S/C13H19NO2.ClH/c1-15-12-4-2-10(3-5-12)13(14)11-6-8-16-9-7-11;/h2-5,11,13H,6-9,14H2,1H3;1H/t13-;/m1./s1. The van der Waals surface area contributed by atoms with Crippen LogP contribution < -0.4 is 10.5 Å². The molecule has 1 aliphatic rings. The molecule has 0 aromatic heterocycles. The molecule has 4 heteroatoms. The van der Waals surface area contributed by atoms with Gasteiger partial charge in [0.2, 0.25) is 0 Å². The van der Waals surface area contributed by atoms with Crippen LogP contribution in [0.25, 0.3) is 0 Å². The van der Waals surface area contributed by atoms with Crippen molar-refractivity contribution in [2.45, 2.75) is 18.9 Å². The molecule has 0 saturated carbocycles. The van der Waals surface area contributed by atoms with Crippen LogP contribution in [0.4, 0.5) is 0 Å². The first-order valence-corrected chi connectivity index (χ1v) is 5.78. The van der Waals surface area contributed by atoms with Gasteiger partial charge in [-0.1, -0.05) is 12.1 Å². The highest BCUT2D eigenvalue weighted by atomic mass is 35.5. The van der Waals surface area contributed by atoms with Crippen molar-refractivity contribution in [3.05, 3.63) is 29.8 Å². The molecule has 1 aromatic carbocycles. The highest BCUT2D eigenvalue weighted by Crippen LogP contribution is 2.28. The maximum absolute atomic E-state index is 6.26. The Balaban J connectivity index is 0.00000144. The number of ether oxygens (including phenoxy) is 2. The van der Waals surface area contributed by atoms with Crippen molar-refractivity contribution in [2.75, 3.05) is 20.3 Å². The van der Waals surface area contributed by atoms with Crippen molar-refractivity contribution in [1.82, 2.24) is 0 Å². The van der Waals surface area contributed by atoms with Crippen LogP contribution in [0.15, 0.2) is 24.3 Å². The average molecular weight is 258 g/mol. The van der Waals surface area contributed by atoms with Crippen molar-refractivity contribution < 1.29 is 9.47 Å². The van der Waals surface area contributed by atoms with Crippen molar-refractivity contribution in [1.29, 1.82) is 0 Å². The van der Waals surface area contributed by atoms with Crippen LogP contribution in [0.2, 0.25) is 0 Å². The fourth-order valence-corrected chi connectivity index (χ4v) is 2.17. The van der Waals surface area contributed by atoms with E-state index >= 15 is 0 Å². The summed E-state index contributed by atoms with van der Waals surface area (Å²) in [5.74, 6) is 1.42. The molecular weight excluding hydrogens is 238 g/mol. The van der Waals surface area contributed by atoms with Gasteiger partial charge in [-0.3, -0.25) is 0 Å². The summed E-state index contributed by atoms with van der Waals surface area (Å²) in [7, 11) is 1.67. The smallest absolute Gasteiger partial charge is 0.118 e. The van der Waals surface area contributed by atoms with E-state index in [-0.39, 0.29) is 18.4 Å². The van der Waals surface area contributed by atoms with Crippen LogP contribution >= 0.6 is 12.4 Å². The summed E-state index contributed by atoms with van der Waals surface area (Å²) >= 11 is 0. The summed E-state index contributed by atoms with van der Waals surface area (Å²) in [6.07, 6.45) is 2.13. The lowest BCUT2D eigenvalue weighted by Gasteiger charge is -2.27. The van der Waals surface area contributed by atoms with E-state index in [9.17, 15) is 0 Å². The highest BCUT2D eigenvalue weighted by molar-refractivity contribution is 5.85. The van der Waals surface area contributed by atoms with Crippen molar-refractivity contribution >= 4 is 12.4 Å². The van der Waals surface area contributed by atoms with E-state index in [0.717, 1.165) is 31.8 Å². The van der Waals surface area contributed by atoms with E-state index in [0.29, 0.717) is 5.92 Å². The van der Waals surface area contributed by atoms with Gasteiger partial charge in [0.25, 0.3) is 0 Å². The fraction of sp³-hybridized carbons (Fsp3) is 0.538. The topological polar surface area (TPSA) is 44.5 Å². The minimum Gasteiger partial charge on any atom is -0.497 e. The third-order valence-corrected chi connectivity index (χ3v) is 3.27. The predicted octanol–water partition coefficient (Wildman–Crippen LogP) is 2.54. The van der Waals surface area contributed by atoms with Crippen molar-refractivity contribution in [3.63, 3.8) is 0 Å². The first-order valence-electron chi connectivity index (χ1n) is 5.78. The Hall–Kier alpha value is -0.770. The summed E-state index contributed by atoms with van der Waals surface area (Å²) in [5, 5.41) is 0. The summed E-state index contributed by atoms with van der Waals surface area (Å²) in [6.45, 7) is 1.68. The van der Waals surface area contributed by atoms with Crippen LogP contribution in [0.5, 0.6) is 5.75 Å². The SMILES string of the molecule is COc1ccc([C@@H](N)C2CCOCC2)cc1.Cl. The summed E-state index contributed by atoms with van der Waals surface area (Å²) in [6, 6.07) is 8.16. The van der Waals surface area contributed by atoms with Gasteiger partial charge in [-0.05, 0) is 36.5 Å². The van der Waals surface area contributed by atoms with Gasteiger partial charge in [-0.15, -0.1) is 12.4 Å². The number of halogens is 1. The molecule has 2 rings (SSSR count). The number of methoxy groups -OCH3 is 1.